The summed E-state index contributed by atoms with van der Waals surface area (Å²) in [5, 5.41) is 15.2. The second-order valence-corrected chi connectivity index (χ2v) is 3.85. The van der Waals surface area contributed by atoms with Crippen LogP contribution in [0.15, 0.2) is 24.3 Å². The molecule has 0 fully saturated rings. The van der Waals surface area contributed by atoms with E-state index in [4.69, 9.17) is 0 Å². The molecule has 0 aliphatic heterocycles. The topological polar surface area (TPSA) is 38.1 Å². The number of benzene rings is 1. The van der Waals surface area contributed by atoms with Gasteiger partial charge in [-0.1, -0.05) is 25.1 Å². The quantitative estimate of drug-likeness (QED) is 0.829. The van der Waals surface area contributed by atoms with Crippen molar-refractivity contribution in [3.63, 3.8) is 0 Å². The standard InChI is InChI=1S/C12H16N2O/c1-3-9(15)8-11-10-6-4-5-7-12(10)14(2)13-11/h4-7,9,15H,3,8H2,1-2H3. The summed E-state index contributed by atoms with van der Waals surface area (Å²) in [4.78, 5) is 0. The lowest BCUT2D eigenvalue weighted by Gasteiger charge is -2.04. The molecule has 3 nitrogen and oxygen atoms in total. The van der Waals surface area contributed by atoms with Gasteiger partial charge in [0.1, 0.15) is 0 Å². The summed E-state index contributed by atoms with van der Waals surface area (Å²) in [6.45, 7) is 1.98. The van der Waals surface area contributed by atoms with Crippen LogP contribution in [0, 0.1) is 0 Å². The van der Waals surface area contributed by atoms with Gasteiger partial charge in [-0.3, -0.25) is 4.68 Å². The Morgan fingerprint density at radius 2 is 2.13 bits per heavy atom. The Morgan fingerprint density at radius 1 is 1.40 bits per heavy atom. The molecule has 80 valence electrons. The maximum atomic E-state index is 9.63. The van der Waals surface area contributed by atoms with E-state index in [2.05, 4.69) is 11.2 Å². The highest BCUT2D eigenvalue weighted by atomic mass is 16.3. The minimum Gasteiger partial charge on any atom is -0.393 e. The molecular formula is C12H16N2O. The van der Waals surface area contributed by atoms with Gasteiger partial charge in [-0.05, 0) is 12.5 Å². The molecule has 1 aromatic heterocycles. The van der Waals surface area contributed by atoms with Gasteiger partial charge in [0.15, 0.2) is 0 Å². The van der Waals surface area contributed by atoms with Crippen molar-refractivity contribution in [2.45, 2.75) is 25.9 Å². The zero-order valence-electron chi connectivity index (χ0n) is 9.14. The molecule has 0 radical (unpaired) electrons. The van der Waals surface area contributed by atoms with Gasteiger partial charge < -0.3 is 5.11 Å². The van der Waals surface area contributed by atoms with Crippen molar-refractivity contribution in [1.29, 1.82) is 0 Å². The fraction of sp³-hybridized carbons (Fsp3) is 0.417. The van der Waals surface area contributed by atoms with Gasteiger partial charge in [0.2, 0.25) is 0 Å². The van der Waals surface area contributed by atoms with Gasteiger partial charge in [-0.2, -0.15) is 5.10 Å². The number of aryl methyl sites for hydroxylation is 1. The van der Waals surface area contributed by atoms with Crippen molar-refractivity contribution in [1.82, 2.24) is 9.78 Å². The van der Waals surface area contributed by atoms with E-state index in [1.54, 1.807) is 0 Å². The van der Waals surface area contributed by atoms with E-state index in [1.807, 2.05) is 36.9 Å². The molecule has 0 aliphatic rings. The van der Waals surface area contributed by atoms with Gasteiger partial charge in [0.05, 0.1) is 17.3 Å². The fourth-order valence-electron chi connectivity index (χ4n) is 1.81. The minimum absolute atomic E-state index is 0.289. The van der Waals surface area contributed by atoms with Gasteiger partial charge in [0.25, 0.3) is 0 Å². The van der Waals surface area contributed by atoms with Crippen LogP contribution in [-0.2, 0) is 13.5 Å². The SMILES string of the molecule is CCC(O)Cc1nn(C)c2ccccc12. The van der Waals surface area contributed by atoms with Crippen molar-refractivity contribution in [2.75, 3.05) is 0 Å². The van der Waals surface area contributed by atoms with Crippen molar-refractivity contribution < 1.29 is 5.11 Å². The normalized spacial score (nSPS) is 13.3. The van der Waals surface area contributed by atoms with E-state index in [1.165, 1.54) is 0 Å². The third-order valence-corrected chi connectivity index (χ3v) is 2.73. The highest BCUT2D eigenvalue weighted by Gasteiger charge is 2.11. The predicted molar refractivity (Wildman–Crippen MR) is 60.7 cm³/mol. The lowest BCUT2D eigenvalue weighted by Crippen LogP contribution is -2.09. The molecule has 15 heavy (non-hydrogen) atoms. The molecular weight excluding hydrogens is 188 g/mol. The highest BCUT2D eigenvalue weighted by molar-refractivity contribution is 5.81. The molecule has 1 aromatic carbocycles. The van der Waals surface area contributed by atoms with Crippen LogP contribution < -0.4 is 0 Å². The van der Waals surface area contributed by atoms with Gasteiger partial charge >= 0.3 is 0 Å². The predicted octanol–water partition coefficient (Wildman–Crippen LogP) is 1.89. The van der Waals surface area contributed by atoms with Crippen LogP contribution in [0.4, 0.5) is 0 Å². The van der Waals surface area contributed by atoms with E-state index < -0.39 is 0 Å². The summed E-state index contributed by atoms with van der Waals surface area (Å²) in [6.07, 6.45) is 1.12. The monoisotopic (exact) mass is 204 g/mol. The summed E-state index contributed by atoms with van der Waals surface area (Å²) in [7, 11) is 1.93. The molecule has 0 amide bonds. The molecule has 3 heteroatoms. The van der Waals surface area contributed by atoms with E-state index in [-0.39, 0.29) is 6.10 Å². The molecule has 1 N–H and O–H groups in total. The van der Waals surface area contributed by atoms with Crippen LogP contribution in [-0.4, -0.2) is 21.0 Å². The average Bonchev–Trinajstić information content (AvgIpc) is 2.57. The number of aromatic nitrogens is 2. The first kappa shape index (κ1) is 10.2. The minimum atomic E-state index is -0.289. The number of aliphatic hydroxyl groups excluding tert-OH is 1. The van der Waals surface area contributed by atoms with E-state index >= 15 is 0 Å². The van der Waals surface area contributed by atoms with Crippen LogP contribution in [0.2, 0.25) is 0 Å². The highest BCUT2D eigenvalue weighted by Crippen LogP contribution is 2.18. The summed E-state index contributed by atoms with van der Waals surface area (Å²) in [5.41, 5.74) is 2.11. The van der Waals surface area contributed by atoms with E-state index in [0.717, 1.165) is 23.0 Å². The Labute approximate surface area is 89.3 Å². The Balaban J connectivity index is 2.43. The lowest BCUT2D eigenvalue weighted by atomic mass is 10.1. The molecule has 2 rings (SSSR count). The number of aliphatic hydroxyl groups is 1. The molecule has 0 aliphatic carbocycles. The molecule has 1 heterocycles. The average molecular weight is 204 g/mol. The smallest absolute Gasteiger partial charge is 0.0728 e. The van der Waals surface area contributed by atoms with Crippen LogP contribution in [0.3, 0.4) is 0 Å². The van der Waals surface area contributed by atoms with Gasteiger partial charge in [-0.15, -0.1) is 0 Å². The number of fused-ring (bicyclic) bond motifs is 1. The van der Waals surface area contributed by atoms with Crippen molar-refractivity contribution in [3.8, 4) is 0 Å². The summed E-state index contributed by atoms with van der Waals surface area (Å²) < 4.78 is 1.87. The van der Waals surface area contributed by atoms with Gasteiger partial charge in [0, 0.05) is 18.9 Å². The zero-order valence-corrected chi connectivity index (χ0v) is 9.14. The van der Waals surface area contributed by atoms with E-state index in [9.17, 15) is 5.11 Å². The first-order valence-corrected chi connectivity index (χ1v) is 5.31. The number of nitrogens with zero attached hydrogens (tertiary/aromatic N) is 2. The Bertz CT molecular complexity index is 462. The third kappa shape index (κ3) is 1.88. The van der Waals surface area contributed by atoms with Crippen molar-refractivity contribution >= 4 is 10.9 Å². The Hall–Kier alpha value is -1.35. The van der Waals surface area contributed by atoms with Crippen molar-refractivity contribution in [2.24, 2.45) is 7.05 Å². The summed E-state index contributed by atoms with van der Waals surface area (Å²) in [6, 6.07) is 8.11. The number of hydrogen-bond acceptors (Lipinski definition) is 2. The number of para-hydroxylation sites is 1. The Kier molecular flexibility index (Phi) is 2.73. The molecule has 0 saturated heterocycles. The first-order chi connectivity index (χ1) is 7.22. The van der Waals surface area contributed by atoms with Crippen LogP contribution in [0.1, 0.15) is 19.0 Å². The third-order valence-electron chi connectivity index (χ3n) is 2.73. The maximum Gasteiger partial charge on any atom is 0.0728 e. The molecule has 1 unspecified atom stereocenters. The largest absolute Gasteiger partial charge is 0.393 e. The molecule has 0 bridgehead atoms. The van der Waals surface area contributed by atoms with Crippen LogP contribution in [0.25, 0.3) is 10.9 Å². The van der Waals surface area contributed by atoms with Crippen LogP contribution >= 0.6 is 0 Å². The summed E-state index contributed by atoms with van der Waals surface area (Å²) >= 11 is 0. The van der Waals surface area contributed by atoms with Gasteiger partial charge in [-0.25, -0.2) is 0 Å². The van der Waals surface area contributed by atoms with E-state index in [0.29, 0.717) is 6.42 Å². The zero-order chi connectivity index (χ0) is 10.8. The molecule has 2 aromatic rings. The second kappa shape index (κ2) is 4.03. The Morgan fingerprint density at radius 3 is 2.87 bits per heavy atom. The van der Waals surface area contributed by atoms with Crippen molar-refractivity contribution in [3.05, 3.63) is 30.0 Å². The molecule has 0 saturated carbocycles. The second-order valence-electron chi connectivity index (χ2n) is 3.85. The maximum absolute atomic E-state index is 9.63. The lowest BCUT2D eigenvalue weighted by molar-refractivity contribution is 0.170. The number of hydrogen-bond donors (Lipinski definition) is 1. The van der Waals surface area contributed by atoms with Crippen LogP contribution in [0.5, 0.6) is 0 Å². The fourth-order valence-corrected chi connectivity index (χ4v) is 1.81. The number of rotatable bonds is 3. The molecule has 1 atom stereocenters. The molecule has 0 spiro atoms. The summed E-state index contributed by atoms with van der Waals surface area (Å²) in [5.74, 6) is 0. The first-order valence-electron chi connectivity index (χ1n) is 5.31.